The highest BCUT2D eigenvalue weighted by atomic mass is 16.5. The smallest absolute Gasteiger partial charge is 0.224 e. The molecule has 0 aliphatic carbocycles. The summed E-state index contributed by atoms with van der Waals surface area (Å²) in [7, 11) is 0. The Morgan fingerprint density at radius 1 is 1.07 bits per heavy atom. The van der Waals surface area contributed by atoms with Crippen LogP contribution in [0.15, 0.2) is 60.8 Å². The van der Waals surface area contributed by atoms with Crippen molar-refractivity contribution in [1.29, 1.82) is 0 Å². The Balaban J connectivity index is 1.53. The molecular weight excluding hydrogens is 348 g/mol. The molecule has 1 N–H and O–H groups in total. The van der Waals surface area contributed by atoms with Crippen LogP contribution < -0.4 is 10.2 Å². The number of anilines is 2. The van der Waals surface area contributed by atoms with Crippen molar-refractivity contribution < 1.29 is 4.74 Å². The van der Waals surface area contributed by atoms with Crippen LogP contribution in [-0.2, 0) is 11.3 Å². The Kier molecular flexibility index (Phi) is 5.53. The van der Waals surface area contributed by atoms with Crippen LogP contribution in [0.3, 0.4) is 0 Å². The average molecular weight is 374 g/mol. The van der Waals surface area contributed by atoms with Crippen LogP contribution in [-0.4, -0.2) is 29.7 Å². The van der Waals surface area contributed by atoms with Crippen LogP contribution in [0, 0.1) is 13.8 Å². The average Bonchev–Trinajstić information content (AvgIpc) is 2.76. The van der Waals surface area contributed by atoms with Gasteiger partial charge < -0.3 is 15.0 Å². The third-order valence-corrected chi connectivity index (χ3v) is 5.40. The number of nitrogens with zero attached hydrogens (tertiary/aromatic N) is 3. The highest BCUT2D eigenvalue weighted by molar-refractivity contribution is 5.46. The highest BCUT2D eigenvalue weighted by Gasteiger charge is 2.25. The minimum Gasteiger partial charge on any atom is -0.377 e. The molecule has 5 nitrogen and oxygen atoms in total. The summed E-state index contributed by atoms with van der Waals surface area (Å²) in [6, 6.07) is 19.0. The van der Waals surface area contributed by atoms with Gasteiger partial charge in [0, 0.05) is 19.3 Å². The van der Waals surface area contributed by atoms with Gasteiger partial charge in [0.1, 0.15) is 5.82 Å². The quantitative estimate of drug-likeness (QED) is 0.722. The molecule has 0 spiro atoms. The van der Waals surface area contributed by atoms with Crippen molar-refractivity contribution in [3.8, 4) is 0 Å². The molecule has 0 radical (unpaired) electrons. The fourth-order valence-corrected chi connectivity index (χ4v) is 3.60. The Morgan fingerprint density at radius 3 is 2.79 bits per heavy atom. The van der Waals surface area contributed by atoms with Crippen LogP contribution >= 0.6 is 0 Å². The highest BCUT2D eigenvalue weighted by Crippen LogP contribution is 2.28. The Bertz CT molecular complexity index is 929. The van der Waals surface area contributed by atoms with Crippen LogP contribution in [0.5, 0.6) is 0 Å². The third kappa shape index (κ3) is 3.99. The van der Waals surface area contributed by atoms with Gasteiger partial charge in [-0.3, -0.25) is 0 Å². The van der Waals surface area contributed by atoms with Crippen molar-refractivity contribution in [3.05, 3.63) is 83.0 Å². The Labute approximate surface area is 166 Å². The normalized spacial score (nSPS) is 16.8. The zero-order valence-corrected chi connectivity index (χ0v) is 16.4. The number of aryl methyl sites for hydroxylation is 1. The summed E-state index contributed by atoms with van der Waals surface area (Å²) in [5.41, 5.74) is 5.12. The van der Waals surface area contributed by atoms with Crippen LogP contribution in [0.25, 0.3) is 0 Å². The fraction of sp³-hybridized carbons (Fsp3) is 0.304. The zero-order valence-electron chi connectivity index (χ0n) is 16.4. The molecule has 1 aromatic heterocycles. The molecule has 2 heterocycles. The summed E-state index contributed by atoms with van der Waals surface area (Å²) in [5, 5.41) is 3.38. The third-order valence-electron chi connectivity index (χ3n) is 5.40. The lowest BCUT2D eigenvalue weighted by atomic mass is 10.0. The molecule has 3 aromatic rings. The number of hydrogen-bond acceptors (Lipinski definition) is 5. The number of morpholine rings is 1. The van der Waals surface area contributed by atoms with Crippen molar-refractivity contribution in [2.45, 2.75) is 26.4 Å². The number of nitrogens with one attached hydrogen (secondary N) is 1. The molecule has 1 aliphatic rings. The molecule has 1 saturated heterocycles. The second-order valence-corrected chi connectivity index (χ2v) is 7.15. The summed E-state index contributed by atoms with van der Waals surface area (Å²) >= 11 is 0. The van der Waals surface area contributed by atoms with Crippen molar-refractivity contribution >= 4 is 11.8 Å². The van der Waals surface area contributed by atoms with E-state index in [-0.39, 0.29) is 6.04 Å². The molecule has 144 valence electrons. The van der Waals surface area contributed by atoms with Gasteiger partial charge in [0.25, 0.3) is 0 Å². The molecule has 2 aromatic carbocycles. The topological polar surface area (TPSA) is 50.3 Å². The van der Waals surface area contributed by atoms with E-state index in [1.807, 2.05) is 18.3 Å². The van der Waals surface area contributed by atoms with E-state index in [0.717, 1.165) is 12.4 Å². The molecule has 0 unspecified atom stereocenters. The number of hydrogen-bond donors (Lipinski definition) is 1. The van der Waals surface area contributed by atoms with Gasteiger partial charge in [-0.05, 0) is 42.2 Å². The van der Waals surface area contributed by atoms with E-state index >= 15 is 0 Å². The summed E-state index contributed by atoms with van der Waals surface area (Å²) in [6.07, 6.45) is 1.82. The lowest BCUT2D eigenvalue weighted by Crippen LogP contribution is -2.40. The molecule has 0 saturated carbocycles. The SMILES string of the molecule is Cc1cccc(CNc2nccc(N3CCOC[C@@H]3c3ccccc3)n2)c1C. The van der Waals surface area contributed by atoms with E-state index in [1.54, 1.807) is 0 Å². The molecular formula is C23H26N4O. The van der Waals surface area contributed by atoms with Gasteiger partial charge >= 0.3 is 0 Å². The maximum atomic E-state index is 5.75. The first kappa shape index (κ1) is 18.4. The first-order valence-corrected chi connectivity index (χ1v) is 9.74. The minimum atomic E-state index is 0.164. The standard InChI is InChI=1S/C23H26N4O/c1-17-7-6-10-20(18(17)2)15-25-23-24-12-11-22(26-23)27-13-14-28-16-21(27)19-8-4-3-5-9-19/h3-12,21H,13-16H2,1-2H3,(H,24,25,26)/t21-/m1/s1. The molecule has 5 heteroatoms. The van der Waals surface area contributed by atoms with Crippen molar-refractivity contribution in [2.75, 3.05) is 30.0 Å². The monoisotopic (exact) mass is 374 g/mol. The van der Waals surface area contributed by atoms with E-state index in [9.17, 15) is 0 Å². The largest absolute Gasteiger partial charge is 0.377 e. The van der Waals surface area contributed by atoms with Crippen LogP contribution in [0.1, 0.15) is 28.3 Å². The van der Waals surface area contributed by atoms with Crippen molar-refractivity contribution in [1.82, 2.24) is 9.97 Å². The second-order valence-electron chi connectivity index (χ2n) is 7.15. The number of aromatic nitrogens is 2. The van der Waals surface area contributed by atoms with Crippen molar-refractivity contribution in [3.63, 3.8) is 0 Å². The fourth-order valence-electron chi connectivity index (χ4n) is 3.60. The van der Waals surface area contributed by atoms with Crippen LogP contribution in [0.4, 0.5) is 11.8 Å². The molecule has 4 rings (SSSR count). The van der Waals surface area contributed by atoms with E-state index in [2.05, 4.69) is 71.5 Å². The maximum Gasteiger partial charge on any atom is 0.224 e. The van der Waals surface area contributed by atoms with Gasteiger partial charge in [-0.25, -0.2) is 4.98 Å². The molecule has 28 heavy (non-hydrogen) atoms. The van der Waals surface area contributed by atoms with E-state index < -0.39 is 0 Å². The minimum absolute atomic E-state index is 0.164. The lowest BCUT2D eigenvalue weighted by molar-refractivity contribution is 0.0937. The van der Waals surface area contributed by atoms with Gasteiger partial charge in [-0.1, -0.05) is 48.5 Å². The Hall–Kier alpha value is -2.92. The zero-order chi connectivity index (χ0) is 19.3. The van der Waals surface area contributed by atoms with E-state index in [0.29, 0.717) is 25.7 Å². The molecule has 0 amide bonds. The summed E-state index contributed by atoms with van der Waals surface area (Å²) < 4.78 is 5.75. The van der Waals surface area contributed by atoms with Gasteiger partial charge in [-0.2, -0.15) is 4.98 Å². The van der Waals surface area contributed by atoms with Crippen molar-refractivity contribution in [2.24, 2.45) is 0 Å². The van der Waals surface area contributed by atoms with E-state index in [1.165, 1.54) is 22.3 Å². The van der Waals surface area contributed by atoms with Gasteiger partial charge in [0.2, 0.25) is 5.95 Å². The second kappa shape index (κ2) is 8.40. The first-order chi connectivity index (χ1) is 13.7. The summed E-state index contributed by atoms with van der Waals surface area (Å²) in [5.74, 6) is 1.58. The molecule has 1 fully saturated rings. The number of ether oxygens (including phenoxy) is 1. The molecule has 1 aliphatic heterocycles. The molecule has 1 atom stereocenters. The molecule has 0 bridgehead atoms. The van der Waals surface area contributed by atoms with Gasteiger partial charge in [0.05, 0.1) is 19.3 Å². The van der Waals surface area contributed by atoms with Gasteiger partial charge in [0.15, 0.2) is 0 Å². The predicted octanol–water partition coefficient (Wildman–Crippen LogP) is 4.28. The van der Waals surface area contributed by atoms with E-state index in [4.69, 9.17) is 9.72 Å². The van der Waals surface area contributed by atoms with Crippen LogP contribution in [0.2, 0.25) is 0 Å². The maximum absolute atomic E-state index is 5.75. The van der Waals surface area contributed by atoms with Gasteiger partial charge in [-0.15, -0.1) is 0 Å². The Morgan fingerprint density at radius 2 is 1.93 bits per heavy atom. The number of benzene rings is 2. The summed E-state index contributed by atoms with van der Waals surface area (Å²) in [6.45, 7) is 7.19. The first-order valence-electron chi connectivity index (χ1n) is 9.74. The number of rotatable bonds is 5. The lowest BCUT2D eigenvalue weighted by Gasteiger charge is -2.36. The predicted molar refractivity (Wildman–Crippen MR) is 113 cm³/mol. The summed E-state index contributed by atoms with van der Waals surface area (Å²) in [4.78, 5) is 11.5.